The molecule has 0 bridgehead atoms. The number of esters is 1. The van der Waals surface area contributed by atoms with Crippen LogP contribution >= 0.6 is 11.3 Å². The van der Waals surface area contributed by atoms with Gasteiger partial charge >= 0.3 is 5.97 Å². The Kier molecular flexibility index (Phi) is 9.72. The minimum Gasteiger partial charge on any atom is -1.00 e. The molecule has 0 radical (unpaired) electrons. The van der Waals surface area contributed by atoms with Crippen molar-refractivity contribution in [2.75, 3.05) is 25.0 Å². The van der Waals surface area contributed by atoms with E-state index in [0.29, 0.717) is 17.1 Å². The molecule has 1 aromatic heterocycles. The van der Waals surface area contributed by atoms with E-state index in [-0.39, 0.29) is 35.0 Å². The molecule has 1 fully saturated rings. The number of ether oxygens (including phenoxy) is 1. The molecule has 1 N–H and O–H groups in total. The van der Waals surface area contributed by atoms with E-state index in [1.807, 2.05) is 32.2 Å². The number of hydrogen-bond acceptors (Lipinski definition) is 4. The van der Waals surface area contributed by atoms with E-state index in [2.05, 4.69) is 29.6 Å². The fraction of sp³-hybridized carbons (Fsp3) is 0.500. The number of benzene rings is 1. The lowest BCUT2D eigenvalue weighted by Gasteiger charge is -2.37. The maximum atomic E-state index is 13.2. The molecule has 1 aliphatic heterocycles. The Morgan fingerprint density at radius 1 is 1.10 bits per heavy atom. The van der Waals surface area contributed by atoms with Crippen molar-refractivity contribution in [2.24, 2.45) is 0 Å². The largest absolute Gasteiger partial charge is 1.00 e. The summed E-state index contributed by atoms with van der Waals surface area (Å²) in [5.74, 6) is -0.408. The molecule has 5 nitrogen and oxygen atoms in total. The van der Waals surface area contributed by atoms with Crippen molar-refractivity contribution in [3.05, 3.63) is 51.7 Å². The first-order valence-electron chi connectivity index (χ1n) is 10.9. The van der Waals surface area contributed by atoms with Crippen LogP contribution in [0.5, 0.6) is 0 Å². The van der Waals surface area contributed by atoms with Gasteiger partial charge in [0.15, 0.2) is 6.54 Å². The highest BCUT2D eigenvalue weighted by Crippen LogP contribution is 2.29. The highest BCUT2D eigenvalue weighted by atomic mass is 79.9. The summed E-state index contributed by atoms with van der Waals surface area (Å²) in [6.07, 6.45) is 4.55. The molecule has 7 heteroatoms. The highest BCUT2D eigenvalue weighted by molar-refractivity contribution is 7.12. The van der Waals surface area contributed by atoms with E-state index in [4.69, 9.17) is 4.74 Å². The molecule has 3 rings (SSSR count). The van der Waals surface area contributed by atoms with Crippen molar-refractivity contribution in [1.29, 1.82) is 0 Å². The van der Waals surface area contributed by atoms with Gasteiger partial charge in [-0.2, -0.15) is 0 Å². The summed E-state index contributed by atoms with van der Waals surface area (Å²) in [5.41, 5.74) is 2.76. The van der Waals surface area contributed by atoms with Crippen LogP contribution in [-0.2, 0) is 16.1 Å². The molecular weight excluding hydrogens is 476 g/mol. The van der Waals surface area contributed by atoms with Crippen molar-refractivity contribution in [2.45, 2.75) is 59.1 Å². The average molecular weight is 510 g/mol. The van der Waals surface area contributed by atoms with Crippen LogP contribution < -0.4 is 22.3 Å². The maximum Gasteiger partial charge on any atom is 0.350 e. The third-order valence-electron chi connectivity index (χ3n) is 5.62. The fourth-order valence-electron chi connectivity index (χ4n) is 4.20. The van der Waals surface area contributed by atoms with Gasteiger partial charge in [-0.05, 0) is 57.4 Å². The molecule has 0 unspecified atom stereocenters. The normalized spacial score (nSPS) is 15.6. The van der Waals surface area contributed by atoms with Crippen LogP contribution in [0, 0.1) is 6.92 Å². The van der Waals surface area contributed by atoms with Crippen molar-refractivity contribution in [3.8, 4) is 0 Å². The van der Waals surface area contributed by atoms with Crippen LogP contribution in [0.4, 0.5) is 5.69 Å². The molecule has 2 aromatic rings. The summed E-state index contributed by atoms with van der Waals surface area (Å²) in [4.78, 5) is 26.1. The topological polar surface area (TPSA) is 55.4 Å². The van der Waals surface area contributed by atoms with Gasteiger partial charge in [0.05, 0.1) is 24.9 Å². The molecular formula is C24H33BrN2O3S. The average Bonchev–Trinajstić information content (AvgIpc) is 2.90. The second-order valence-corrected chi connectivity index (χ2v) is 9.51. The van der Waals surface area contributed by atoms with E-state index < -0.39 is 0 Å². The molecule has 1 aliphatic rings. The van der Waals surface area contributed by atoms with Gasteiger partial charge in [-0.3, -0.25) is 4.79 Å². The van der Waals surface area contributed by atoms with Gasteiger partial charge < -0.3 is 31.5 Å². The Bertz CT molecular complexity index is 859. The third-order valence-corrected chi connectivity index (χ3v) is 6.70. The number of nitrogens with one attached hydrogen (secondary N) is 1. The van der Waals surface area contributed by atoms with Crippen molar-refractivity contribution in [1.82, 2.24) is 0 Å². The van der Waals surface area contributed by atoms with Crippen molar-refractivity contribution < 1.29 is 35.8 Å². The number of hydrogen-bond donors (Lipinski definition) is 1. The van der Waals surface area contributed by atoms with Crippen LogP contribution in [0.1, 0.15) is 60.3 Å². The van der Waals surface area contributed by atoms with Gasteiger partial charge in [0, 0.05) is 5.56 Å². The van der Waals surface area contributed by atoms with E-state index in [1.165, 1.54) is 29.7 Å². The molecule has 0 aliphatic carbocycles. The van der Waals surface area contributed by atoms with Gasteiger partial charge in [0.2, 0.25) is 0 Å². The molecule has 2 heterocycles. The second kappa shape index (κ2) is 11.8. The number of anilines is 1. The first-order valence-corrected chi connectivity index (χ1v) is 11.7. The Morgan fingerprint density at radius 2 is 1.74 bits per heavy atom. The summed E-state index contributed by atoms with van der Waals surface area (Å²) >= 11 is 1.33. The molecule has 1 saturated heterocycles. The number of carbonyl (C=O) groups is 2. The summed E-state index contributed by atoms with van der Waals surface area (Å²) < 4.78 is 6.12. The number of nitrogens with zero attached hydrogens (tertiary/aromatic N) is 1. The number of halogens is 1. The number of thiophene rings is 1. The number of aryl methyl sites for hydroxylation is 1. The molecule has 0 saturated carbocycles. The van der Waals surface area contributed by atoms with Crippen LogP contribution in [0.15, 0.2) is 35.7 Å². The third kappa shape index (κ3) is 7.16. The lowest BCUT2D eigenvalue weighted by atomic mass is 10.1. The molecule has 0 spiro atoms. The predicted molar refractivity (Wildman–Crippen MR) is 122 cm³/mol. The summed E-state index contributed by atoms with van der Waals surface area (Å²) in [6, 6.07) is 10.4. The van der Waals surface area contributed by atoms with Gasteiger partial charge in [-0.15, -0.1) is 11.3 Å². The minimum absolute atomic E-state index is 0. The van der Waals surface area contributed by atoms with Crippen LogP contribution in [0.2, 0.25) is 0 Å². The molecule has 0 atom stereocenters. The Morgan fingerprint density at radius 3 is 2.35 bits per heavy atom. The molecule has 1 aromatic carbocycles. The van der Waals surface area contributed by atoms with Gasteiger partial charge in [-0.25, -0.2) is 4.79 Å². The van der Waals surface area contributed by atoms with E-state index >= 15 is 0 Å². The van der Waals surface area contributed by atoms with E-state index in [0.717, 1.165) is 42.5 Å². The quantitative estimate of drug-likeness (QED) is 0.460. The number of likely N-dealkylation sites (tertiary alicyclic amines) is 1. The van der Waals surface area contributed by atoms with Crippen molar-refractivity contribution >= 4 is 28.9 Å². The predicted octanol–water partition coefficient (Wildman–Crippen LogP) is 2.16. The van der Waals surface area contributed by atoms with Gasteiger partial charge in [0.25, 0.3) is 5.91 Å². The number of quaternary nitrogens is 1. The lowest BCUT2D eigenvalue weighted by molar-refractivity contribution is -0.932. The first-order chi connectivity index (χ1) is 14.4. The lowest BCUT2D eigenvalue weighted by Crippen LogP contribution is -3.00. The first kappa shape index (κ1) is 25.6. The van der Waals surface area contributed by atoms with E-state index in [1.54, 1.807) is 0 Å². The zero-order chi connectivity index (χ0) is 21.6. The Hall–Kier alpha value is -1.70. The monoisotopic (exact) mass is 508 g/mol. The fourth-order valence-corrected chi connectivity index (χ4v) is 5.09. The summed E-state index contributed by atoms with van der Waals surface area (Å²) in [6.45, 7) is 8.86. The number of rotatable bonds is 7. The Labute approximate surface area is 200 Å². The molecule has 31 heavy (non-hydrogen) atoms. The molecule has 170 valence electrons. The van der Waals surface area contributed by atoms with Crippen LogP contribution in [0.3, 0.4) is 0 Å². The van der Waals surface area contributed by atoms with Gasteiger partial charge in [-0.1, -0.05) is 30.3 Å². The number of carbonyl (C=O) groups excluding carboxylic acids is 2. The van der Waals surface area contributed by atoms with Crippen molar-refractivity contribution in [3.63, 3.8) is 0 Å². The Balaban J connectivity index is 0.00000341. The maximum absolute atomic E-state index is 13.2. The summed E-state index contributed by atoms with van der Waals surface area (Å²) in [7, 11) is 0. The minimum atomic E-state index is -0.374. The number of amides is 1. The van der Waals surface area contributed by atoms with E-state index in [9.17, 15) is 9.59 Å². The smallest absolute Gasteiger partial charge is 0.350 e. The zero-order valence-corrected chi connectivity index (χ0v) is 21.1. The SMILES string of the molecule is Cc1csc(C(=O)OC(C)C)c1NC(=O)C[N+]1(Cc2ccccc2)CCCCCC1.[Br-]. The van der Waals surface area contributed by atoms with Gasteiger partial charge in [0.1, 0.15) is 11.4 Å². The van der Waals surface area contributed by atoms with Crippen LogP contribution in [0.25, 0.3) is 0 Å². The van der Waals surface area contributed by atoms with Crippen LogP contribution in [-0.4, -0.2) is 42.1 Å². The standard InChI is InChI=1S/C24H32N2O3S.BrH/c1-18(2)29-24(28)23-22(19(3)17-30-23)25-21(27)16-26(13-9-4-5-10-14-26)15-20-11-7-6-8-12-20;/h6-8,11-12,17-18H,4-5,9-10,13-16H2,1-3H3;1H. The second-order valence-electron chi connectivity index (χ2n) is 8.63. The summed E-state index contributed by atoms with van der Waals surface area (Å²) in [5, 5.41) is 4.94. The zero-order valence-electron chi connectivity index (χ0n) is 18.7. The highest BCUT2D eigenvalue weighted by Gasteiger charge is 2.32. The molecule has 1 amide bonds.